The van der Waals surface area contributed by atoms with Gasteiger partial charge in [0, 0.05) is 8.95 Å². The van der Waals surface area contributed by atoms with E-state index >= 15 is 0 Å². The van der Waals surface area contributed by atoms with Crippen LogP contribution >= 0.6 is 31.9 Å². The summed E-state index contributed by atoms with van der Waals surface area (Å²) < 4.78 is 2.14. The molecule has 0 spiro atoms. The Hall–Kier alpha value is -3.72. The zero-order chi connectivity index (χ0) is 25.9. The molecule has 0 aliphatic carbocycles. The Labute approximate surface area is 240 Å². The average molecular weight is 616 g/mol. The molecule has 0 heterocycles. The summed E-state index contributed by atoms with van der Waals surface area (Å²) in [7, 11) is 0. The first kappa shape index (κ1) is 24.6. The fourth-order valence-electron chi connectivity index (χ4n) is 5.10. The van der Waals surface area contributed by atoms with E-state index in [2.05, 4.69) is 177 Å². The molecule has 0 atom stereocenters. The van der Waals surface area contributed by atoms with Crippen LogP contribution in [0.25, 0.3) is 55.6 Å². The lowest BCUT2D eigenvalue weighted by molar-refractivity contribution is 1.52. The molecule has 0 saturated carbocycles. The zero-order valence-corrected chi connectivity index (χ0v) is 23.8. The van der Waals surface area contributed by atoms with E-state index in [-0.39, 0.29) is 0 Å². The van der Waals surface area contributed by atoms with Crippen molar-refractivity contribution in [3.05, 3.63) is 155 Å². The van der Waals surface area contributed by atoms with Gasteiger partial charge in [0.15, 0.2) is 0 Å². The molecule has 0 aliphatic heterocycles. The highest BCUT2D eigenvalue weighted by molar-refractivity contribution is 9.10. The summed E-state index contributed by atoms with van der Waals surface area (Å²) in [5, 5.41) is 0. The SMILES string of the molecule is Brc1ccc(-c2cc(-c3ccccc3)c(-c3ccc(Br)cc3)c(-c3ccccc3)c2-c2ccccc2)cc1. The number of halogens is 2. The van der Waals surface area contributed by atoms with Crippen molar-refractivity contribution in [2.24, 2.45) is 0 Å². The summed E-state index contributed by atoms with van der Waals surface area (Å²) in [5.41, 5.74) is 12.1. The van der Waals surface area contributed by atoms with E-state index in [1.54, 1.807) is 0 Å². The molecule has 0 N–H and O–H groups in total. The Balaban J connectivity index is 1.83. The molecule has 6 aromatic carbocycles. The standard InChI is InChI=1S/C36H24Br2/c37-30-20-16-26(17-21-30)33-24-32(25-10-4-1-5-11-25)35(29-18-22-31(38)23-19-29)36(28-14-8-3-9-15-28)34(33)27-12-6-2-7-13-27/h1-24H. The van der Waals surface area contributed by atoms with Gasteiger partial charge in [-0.2, -0.15) is 0 Å². The van der Waals surface area contributed by atoms with Crippen LogP contribution in [0.2, 0.25) is 0 Å². The van der Waals surface area contributed by atoms with Gasteiger partial charge in [0.25, 0.3) is 0 Å². The third kappa shape index (κ3) is 4.90. The molecule has 0 bridgehead atoms. The molecule has 0 unspecified atom stereocenters. The molecule has 0 aliphatic rings. The first-order valence-corrected chi connectivity index (χ1v) is 14.2. The molecule has 0 fully saturated rings. The minimum absolute atomic E-state index is 1.07. The number of hydrogen-bond acceptors (Lipinski definition) is 0. The fraction of sp³-hybridized carbons (Fsp3) is 0. The van der Waals surface area contributed by atoms with Gasteiger partial charge in [0.2, 0.25) is 0 Å². The minimum atomic E-state index is 1.07. The second-order valence-corrected chi connectivity index (χ2v) is 11.0. The molecule has 6 rings (SSSR count). The van der Waals surface area contributed by atoms with Gasteiger partial charge in [0.05, 0.1) is 0 Å². The summed E-state index contributed by atoms with van der Waals surface area (Å²) in [6.45, 7) is 0. The first-order chi connectivity index (χ1) is 18.7. The third-order valence-electron chi connectivity index (χ3n) is 6.83. The largest absolute Gasteiger partial charge is 0.0622 e. The summed E-state index contributed by atoms with van der Waals surface area (Å²) >= 11 is 7.27. The normalized spacial score (nSPS) is 10.9. The van der Waals surface area contributed by atoms with Gasteiger partial charge in [0.1, 0.15) is 0 Å². The number of benzene rings is 6. The molecule has 0 saturated heterocycles. The topological polar surface area (TPSA) is 0 Å². The van der Waals surface area contributed by atoms with Crippen LogP contribution in [-0.4, -0.2) is 0 Å². The predicted octanol–water partition coefficient (Wildman–Crippen LogP) is 11.5. The Bertz CT molecular complexity index is 1670. The lowest BCUT2D eigenvalue weighted by Crippen LogP contribution is -1.98. The van der Waals surface area contributed by atoms with E-state index in [4.69, 9.17) is 0 Å². The van der Waals surface area contributed by atoms with Gasteiger partial charge in [-0.1, -0.05) is 147 Å². The molecule has 0 amide bonds. The van der Waals surface area contributed by atoms with Gasteiger partial charge in [-0.15, -0.1) is 0 Å². The van der Waals surface area contributed by atoms with E-state index in [1.165, 1.54) is 55.6 Å². The smallest absolute Gasteiger partial charge is 0.0175 e. The van der Waals surface area contributed by atoms with E-state index in [0.717, 1.165) is 8.95 Å². The van der Waals surface area contributed by atoms with Crippen molar-refractivity contribution in [1.82, 2.24) is 0 Å². The maximum atomic E-state index is 3.64. The fourth-order valence-corrected chi connectivity index (χ4v) is 5.63. The van der Waals surface area contributed by atoms with E-state index in [0.29, 0.717) is 0 Å². The van der Waals surface area contributed by atoms with Crippen molar-refractivity contribution >= 4 is 31.9 Å². The van der Waals surface area contributed by atoms with Gasteiger partial charge in [-0.05, 0) is 86.0 Å². The van der Waals surface area contributed by atoms with Crippen molar-refractivity contribution in [1.29, 1.82) is 0 Å². The predicted molar refractivity (Wildman–Crippen MR) is 169 cm³/mol. The quantitative estimate of drug-likeness (QED) is 0.181. The monoisotopic (exact) mass is 614 g/mol. The van der Waals surface area contributed by atoms with Gasteiger partial charge in [-0.25, -0.2) is 0 Å². The van der Waals surface area contributed by atoms with Crippen molar-refractivity contribution in [2.75, 3.05) is 0 Å². The first-order valence-electron chi connectivity index (χ1n) is 12.6. The Morgan fingerprint density at radius 1 is 0.289 bits per heavy atom. The zero-order valence-electron chi connectivity index (χ0n) is 20.6. The molecule has 38 heavy (non-hydrogen) atoms. The minimum Gasteiger partial charge on any atom is -0.0622 e. The van der Waals surface area contributed by atoms with Crippen LogP contribution in [0.15, 0.2) is 155 Å². The van der Waals surface area contributed by atoms with Crippen molar-refractivity contribution in [3.63, 3.8) is 0 Å². The second kappa shape index (κ2) is 10.9. The lowest BCUT2D eigenvalue weighted by Gasteiger charge is -2.24. The Morgan fingerprint density at radius 2 is 0.605 bits per heavy atom. The van der Waals surface area contributed by atoms with Crippen LogP contribution < -0.4 is 0 Å². The van der Waals surface area contributed by atoms with E-state index in [9.17, 15) is 0 Å². The van der Waals surface area contributed by atoms with Crippen LogP contribution in [0.4, 0.5) is 0 Å². The van der Waals surface area contributed by atoms with Crippen molar-refractivity contribution < 1.29 is 0 Å². The molecule has 0 aromatic heterocycles. The van der Waals surface area contributed by atoms with Gasteiger partial charge >= 0.3 is 0 Å². The van der Waals surface area contributed by atoms with Crippen LogP contribution in [0.5, 0.6) is 0 Å². The van der Waals surface area contributed by atoms with Crippen LogP contribution in [0.3, 0.4) is 0 Å². The van der Waals surface area contributed by atoms with Gasteiger partial charge in [-0.3, -0.25) is 0 Å². The number of rotatable bonds is 5. The lowest BCUT2D eigenvalue weighted by atomic mass is 9.79. The summed E-state index contributed by atoms with van der Waals surface area (Å²) in [5.74, 6) is 0. The van der Waals surface area contributed by atoms with Crippen LogP contribution in [-0.2, 0) is 0 Å². The van der Waals surface area contributed by atoms with Crippen molar-refractivity contribution in [2.45, 2.75) is 0 Å². The molecule has 6 aromatic rings. The molecule has 2 heteroatoms. The van der Waals surface area contributed by atoms with Crippen molar-refractivity contribution in [3.8, 4) is 55.6 Å². The molecular formula is C36H24Br2. The highest BCUT2D eigenvalue weighted by atomic mass is 79.9. The van der Waals surface area contributed by atoms with Crippen LogP contribution in [0, 0.1) is 0 Å². The van der Waals surface area contributed by atoms with Crippen LogP contribution in [0.1, 0.15) is 0 Å². The van der Waals surface area contributed by atoms with Gasteiger partial charge < -0.3 is 0 Å². The summed E-state index contributed by atoms with van der Waals surface area (Å²) in [6, 6.07) is 52.0. The maximum Gasteiger partial charge on any atom is 0.0175 e. The van der Waals surface area contributed by atoms with E-state index in [1.807, 2.05) is 0 Å². The maximum absolute atomic E-state index is 3.64. The molecular weight excluding hydrogens is 592 g/mol. The Kier molecular flexibility index (Phi) is 7.09. The summed E-state index contributed by atoms with van der Waals surface area (Å²) in [6.07, 6.45) is 0. The highest BCUT2D eigenvalue weighted by Gasteiger charge is 2.23. The Morgan fingerprint density at radius 3 is 1.05 bits per heavy atom. The third-order valence-corrected chi connectivity index (χ3v) is 7.88. The average Bonchev–Trinajstić information content (AvgIpc) is 2.98. The molecule has 0 radical (unpaired) electrons. The summed E-state index contributed by atoms with van der Waals surface area (Å²) in [4.78, 5) is 0. The van der Waals surface area contributed by atoms with E-state index < -0.39 is 0 Å². The number of hydrogen-bond donors (Lipinski definition) is 0. The second-order valence-electron chi connectivity index (χ2n) is 9.21. The molecule has 0 nitrogen and oxygen atoms in total. The molecule has 182 valence electrons. The highest BCUT2D eigenvalue weighted by Crippen LogP contribution is 2.50.